The summed E-state index contributed by atoms with van der Waals surface area (Å²) in [5, 5.41) is 21.7. The molecule has 1 aliphatic rings. The fraction of sp³-hybridized carbons (Fsp3) is 0. The largest absolute Gasteiger partial charge is 0.507 e. The monoisotopic (exact) mass is 403 g/mol. The van der Waals surface area contributed by atoms with Crippen molar-refractivity contribution in [3.63, 3.8) is 0 Å². The van der Waals surface area contributed by atoms with Gasteiger partial charge >= 0.3 is 0 Å². The Balaban J connectivity index is 1.98. The smallest absolute Gasteiger partial charge is 0.282 e. The number of benzene rings is 2. The highest BCUT2D eigenvalue weighted by Crippen LogP contribution is 2.28. The van der Waals surface area contributed by atoms with Gasteiger partial charge in [0, 0.05) is 22.2 Å². The van der Waals surface area contributed by atoms with Crippen LogP contribution in [0.25, 0.3) is 6.08 Å². The molecule has 0 spiro atoms. The number of aromatic hydroxyl groups is 1. The highest BCUT2D eigenvalue weighted by Gasteiger charge is 2.34. The zero-order valence-electron chi connectivity index (χ0n) is 12.5. The van der Waals surface area contributed by atoms with Crippen LogP contribution in [0.2, 0.25) is 0 Å². The Morgan fingerprint density at radius 3 is 2.48 bits per heavy atom. The first-order chi connectivity index (χ1) is 11.9. The molecule has 2 N–H and O–H groups in total. The minimum Gasteiger partial charge on any atom is -0.507 e. The van der Waals surface area contributed by atoms with Gasteiger partial charge in [-0.15, -0.1) is 0 Å². The van der Waals surface area contributed by atoms with E-state index >= 15 is 0 Å². The lowest BCUT2D eigenvalue weighted by atomic mass is 10.1. The van der Waals surface area contributed by atoms with E-state index in [0.717, 1.165) is 33.8 Å². The number of nitrogens with one attached hydrogen (secondary N) is 1. The molecule has 8 nitrogen and oxygen atoms in total. The topological polar surface area (TPSA) is 113 Å². The zero-order valence-corrected chi connectivity index (χ0v) is 14.1. The molecular formula is C16H10BrN3O5. The molecule has 2 aromatic rings. The molecular weight excluding hydrogens is 394 g/mol. The Hall–Kier alpha value is -3.20. The number of nitrogens with zero attached hydrogens (tertiary/aromatic N) is 2. The standard InChI is InChI=1S/C16H10BrN3O5/c17-10-1-3-11(4-2-10)19-16(23)13(15(22)18-19)8-9-7-12(20(24)25)5-6-14(9)21/h1-8,21H,(H,18,22). The number of nitro benzene ring substituents is 1. The lowest BCUT2D eigenvalue weighted by molar-refractivity contribution is -0.384. The summed E-state index contributed by atoms with van der Waals surface area (Å²) in [6, 6.07) is 10.0. The third-order valence-corrected chi connectivity index (χ3v) is 4.03. The molecule has 1 saturated heterocycles. The van der Waals surface area contributed by atoms with Gasteiger partial charge in [0.2, 0.25) is 0 Å². The average Bonchev–Trinajstić information content (AvgIpc) is 2.85. The average molecular weight is 404 g/mol. The van der Waals surface area contributed by atoms with E-state index in [1.165, 1.54) is 0 Å². The molecule has 3 rings (SSSR count). The summed E-state index contributed by atoms with van der Waals surface area (Å²) in [6.07, 6.45) is 1.12. The van der Waals surface area contributed by atoms with Gasteiger partial charge < -0.3 is 5.11 Å². The van der Waals surface area contributed by atoms with Crippen LogP contribution >= 0.6 is 15.9 Å². The SMILES string of the molecule is O=C1NN(c2ccc(Br)cc2)C(=O)C1=Cc1cc([N+](=O)[O-])ccc1O. The molecule has 0 unspecified atom stereocenters. The summed E-state index contributed by atoms with van der Waals surface area (Å²) < 4.78 is 0.812. The van der Waals surface area contributed by atoms with Gasteiger partial charge in [-0.05, 0) is 36.4 Å². The Bertz CT molecular complexity index is 924. The van der Waals surface area contributed by atoms with Crippen molar-refractivity contribution in [3.8, 4) is 5.75 Å². The van der Waals surface area contributed by atoms with E-state index in [9.17, 15) is 24.8 Å². The molecule has 25 heavy (non-hydrogen) atoms. The zero-order chi connectivity index (χ0) is 18.1. The van der Waals surface area contributed by atoms with E-state index in [-0.39, 0.29) is 22.6 Å². The molecule has 0 saturated carbocycles. The number of hydrogen-bond donors (Lipinski definition) is 2. The number of carbonyl (C=O) groups excluding carboxylic acids is 2. The second kappa shape index (κ2) is 6.36. The maximum atomic E-state index is 12.5. The summed E-state index contributed by atoms with van der Waals surface area (Å²) >= 11 is 3.28. The van der Waals surface area contributed by atoms with Gasteiger partial charge in [0.1, 0.15) is 11.3 Å². The van der Waals surface area contributed by atoms with Crippen molar-refractivity contribution in [2.45, 2.75) is 0 Å². The first-order valence-electron chi connectivity index (χ1n) is 6.97. The number of nitro groups is 1. The number of carbonyl (C=O) groups is 2. The normalized spacial score (nSPS) is 15.6. The predicted molar refractivity (Wildman–Crippen MR) is 92.5 cm³/mol. The first-order valence-corrected chi connectivity index (χ1v) is 7.76. The van der Waals surface area contributed by atoms with Gasteiger partial charge in [-0.25, -0.2) is 5.01 Å². The van der Waals surface area contributed by atoms with Crippen LogP contribution < -0.4 is 10.4 Å². The van der Waals surface area contributed by atoms with Crippen LogP contribution in [0.3, 0.4) is 0 Å². The Labute approximate surface area is 149 Å². The molecule has 2 amide bonds. The quantitative estimate of drug-likeness (QED) is 0.353. The molecule has 0 bridgehead atoms. The third-order valence-electron chi connectivity index (χ3n) is 3.50. The Morgan fingerprint density at radius 1 is 1.16 bits per heavy atom. The Morgan fingerprint density at radius 2 is 1.84 bits per heavy atom. The number of non-ortho nitro benzene ring substituents is 1. The number of hydrogen-bond acceptors (Lipinski definition) is 5. The van der Waals surface area contributed by atoms with Gasteiger partial charge in [0.05, 0.1) is 10.6 Å². The Kier molecular flexibility index (Phi) is 4.24. The van der Waals surface area contributed by atoms with E-state index < -0.39 is 16.7 Å². The molecule has 2 aromatic carbocycles. The summed E-state index contributed by atoms with van der Waals surface area (Å²) in [5.41, 5.74) is 2.37. The number of halogens is 1. The number of rotatable bonds is 3. The minimum absolute atomic E-state index is 0.00496. The van der Waals surface area contributed by atoms with Crippen LogP contribution in [0.1, 0.15) is 5.56 Å². The van der Waals surface area contributed by atoms with Crippen molar-refractivity contribution >= 4 is 45.2 Å². The molecule has 126 valence electrons. The van der Waals surface area contributed by atoms with Crippen LogP contribution in [0.5, 0.6) is 5.75 Å². The van der Waals surface area contributed by atoms with Crippen molar-refractivity contribution in [1.29, 1.82) is 0 Å². The van der Waals surface area contributed by atoms with Gasteiger partial charge in [0.15, 0.2) is 0 Å². The van der Waals surface area contributed by atoms with Crippen LogP contribution in [0.15, 0.2) is 52.5 Å². The molecule has 1 aliphatic heterocycles. The van der Waals surface area contributed by atoms with Gasteiger partial charge in [-0.3, -0.25) is 25.1 Å². The predicted octanol–water partition coefficient (Wildman–Crippen LogP) is 2.52. The number of amides is 2. The van der Waals surface area contributed by atoms with Crippen molar-refractivity contribution in [2.24, 2.45) is 0 Å². The fourth-order valence-electron chi connectivity index (χ4n) is 2.26. The lowest BCUT2D eigenvalue weighted by Crippen LogP contribution is -2.35. The molecule has 0 aromatic heterocycles. The maximum absolute atomic E-state index is 12.5. The molecule has 9 heteroatoms. The number of phenols is 1. The van der Waals surface area contributed by atoms with Crippen molar-refractivity contribution in [3.05, 3.63) is 68.2 Å². The van der Waals surface area contributed by atoms with E-state index in [1.54, 1.807) is 24.3 Å². The number of hydrazine groups is 1. The van der Waals surface area contributed by atoms with Gasteiger partial charge in [0.25, 0.3) is 17.5 Å². The summed E-state index contributed by atoms with van der Waals surface area (Å²) in [6.45, 7) is 0. The summed E-state index contributed by atoms with van der Waals surface area (Å²) in [5.74, 6) is -1.57. The summed E-state index contributed by atoms with van der Waals surface area (Å²) in [4.78, 5) is 34.8. The first kappa shape index (κ1) is 16.7. The lowest BCUT2D eigenvalue weighted by Gasteiger charge is -2.14. The van der Waals surface area contributed by atoms with Gasteiger partial charge in [-0.2, -0.15) is 0 Å². The molecule has 0 aliphatic carbocycles. The number of phenolic OH excluding ortho intramolecular Hbond substituents is 1. The maximum Gasteiger partial charge on any atom is 0.282 e. The van der Waals surface area contributed by atoms with Crippen molar-refractivity contribution in [1.82, 2.24) is 5.43 Å². The minimum atomic E-state index is -0.668. The molecule has 1 heterocycles. The van der Waals surface area contributed by atoms with E-state index in [0.29, 0.717) is 5.69 Å². The van der Waals surface area contributed by atoms with Crippen LogP contribution in [-0.4, -0.2) is 21.8 Å². The molecule has 0 atom stereocenters. The van der Waals surface area contributed by atoms with Crippen LogP contribution in [0.4, 0.5) is 11.4 Å². The van der Waals surface area contributed by atoms with Crippen molar-refractivity contribution < 1.29 is 19.6 Å². The van der Waals surface area contributed by atoms with E-state index in [4.69, 9.17) is 0 Å². The van der Waals surface area contributed by atoms with E-state index in [1.807, 2.05) is 0 Å². The second-order valence-electron chi connectivity index (χ2n) is 5.12. The highest BCUT2D eigenvalue weighted by atomic mass is 79.9. The number of anilines is 1. The van der Waals surface area contributed by atoms with Gasteiger partial charge in [-0.1, -0.05) is 15.9 Å². The third kappa shape index (κ3) is 3.22. The van der Waals surface area contributed by atoms with Crippen LogP contribution in [-0.2, 0) is 9.59 Å². The summed E-state index contributed by atoms with van der Waals surface area (Å²) in [7, 11) is 0. The van der Waals surface area contributed by atoms with Crippen molar-refractivity contribution in [2.75, 3.05) is 5.01 Å². The van der Waals surface area contributed by atoms with E-state index in [2.05, 4.69) is 21.4 Å². The second-order valence-corrected chi connectivity index (χ2v) is 6.03. The molecule has 1 fully saturated rings. The van der Waals surface area contributed by atoms with Crippen LogP contribution in [0, 0.1) is 10.1 Å². The highest BCUT2D eigenvalue weighted by molar-refractivity contribution is 9.10. The molecule has 0 radical (unpaired) electrons. The fourth-order valence-corrected chi connectivity index (χ4v) is 2.52.